The van der Waals surface area contributed by atoms with Crippen molar-refractivity contribution in [2.45, 2.75) is 84.3 Å². The number of ketones is 1. The summed E-state index contributed by atoms with van der Waals surface area (Å²) in [6, 6.07) is 0. The van der Waals surface area contributed by atoms with Gasteiger partial charge in [0.25, 0.3) is 0 Å². The summed E-state index contributed by atoms with van der Waals surface area (Å²) in [4.78, 5) is 12.2. The number of hydrogen-bond donors (Lipinski definition) is 2. The van der Waals surface area contributed by atoms with E-state index in [-0.39, 0.29) is 34.9 Å². The number of aliphatic hydroxyl groups is 2. The maximum atomic E-state index is 12.2. The van der Waals surface area contributed by atoms with Gasteiger partial charge in [-0.3, -0.25) is 4.79 Å². The van der Waals surface area contributed by atoms with E-state index in [4.69, 9.17) is 0 Å². The van der Waals surface area contributed by atoms with Gasteiger partial charge >= 0.3 is 0 Å². The smallest absolute Gasteiger partial charge is 0.133 e. The van der Waals surface area contributed by atoms with Gasteiger partial charge in [-0.1, -0.05) is 13.8 Å². The van der Waals surface area contributed by atoms with Gasteiger partial charge in [-0.2, -0.15) is 0 Å². The Bertz CT molecular complexity index is 531. The highest BCUT2D eigenvalue weighted by Crippen LogP contribution is 2.67. The van der Waals surface area contributed by atoms with Crippen LogP contribution in [0.5, 0.6) is 0 Å². The standard InChI is InChI=1S/C21H34O3/c1-12(22)15-4-5-16-14-11-19(24)18-10-13(23)6-8-21(18,3)17(14)7-9-20(15,16)2/h13-19,23-24H,4-11H2,1-3H3/t13-,14+,15+,16-,17+,18-,19+,20-,21-/m1/s1. The molecule has 0 bridgehead atoms. The van der Waals surface area contributed by atoms with Crippen LogP contribution in [0.4, 0.5) is 0 Å². The molecule has 3 nitrogen and oxygen atoms in total. The van der Waals surface area contributed by atoms with Gasteiger partial charge in [-0.15, -0.1) is 0 Å². The average molecular weight is 335 g/mol. The lowest BCUT2D eigenvalue weighted by Crippen LogP contribution is -2.58. The molecule has 136 valence electrons. The number of aliphatic hydroxyl groups excluding tert-OH is 2. The van der Waals surface area contributed by atoms with Gasteiger partial charge in [0.2, 0.25) is 0 Å². The van der Waals surface area contributed by atoms with Gasteiger partial charge in [-0.25, -0.2) is 0 Å². The third-order valence-corrected chi connectivity index (χ3v) is 9.14. The van der Waals surface area contributed by atoms with E-state index in [1.165, 1.54) is 12.8 Å². The molecule has 0 aromatic rings. The van der Waals surface area contributed by atoms with Gasteiger partial charge in [0.05, 0.1) is 12.2 Å². The molecule has 4 saturated carbocycles. The van der Waals surface area contributed by atoms with E-state index in [9.17, 15) is 15.0 Å². The Morgan fingerprint density at radius 2 is 1.54 bits per heavy atom. The molecule has 0 aromatic heterocycles. The molecule has 4 fully saturated rings. The van der Waals surface area contributed by atoms with Crippen molar-refractivity contribution in [2.75, 3.05) is 0 Å². The van der Waals surface area contributed by atoms with Crippen molar-refractivity contribution >= 4 is 5.78 Å². The van der Waals surface area contributed by atoms with Gasteiger partial charge in [0.1, 0.15) is 5.78 Å². The van der Waals surface area contributed by atoms with Crippen molar-refractivity contribution in [1.82, 2.24) is 0 Å². The highest BCUT2D eigenvalue weighted by Gasteiger charge is 2.62. The summed E-state index contributed by atoms with van der Waals surface area (Å²) in [7, 11) is 0. The minimum absolute atomic E-state index is 0.157. The fourth-order valence-electron chi connectivity index (χ4n) is 7.95. The maximum absolute atomic E-state index is 12.2. The Morgan fingerprint density at radius 3 is 2.25 bits per heavy atom. The van der Waals surface area contributed by atoms with Crippen LogP contribution in [-0.4, -0.2) is 28.2 Å². The molecule has 0 heterocycles. The van der Waals surface area contributed by atoms with Crippen LogP contribution in [0.25, 0.3) is 0 Å². The number of hydrogen-bond acceptors (Lipinski definition) is 3. The van der Waals surface area contributed by atoms with E-state index in [1.807, 2.05) is 0 Å². The Hall–Kier alpha value is -0.410. The van der Waals surface area contributed by atoms with Crippen LogP contribution in [-0.2, 0) is 4.79 Å². The second-order valence-electron chi connectivity index (χ2n) is 10.0. The molecule has 2 N–H and O–H groups in total. The van der Waals surface area contributed by atoms with Crippen LogP contribution in [0, 0.1) is 40.4 Å². The molecule has 4 rings (SSSR count). The zero-order valence-electron chi connectivity index (χ0n) is 15.5. The lowest BCUT2D eigenvalue weighted by Gasteiger charge is -2.62. The molecule has 0 amide bonds. The molecule has 4 aliphatic rings. The minimum Gasteiger partial charge on any atom is -0.393 e. The quantitative estimate of drug-likeness (QED) is 0.771. The average Bonchev–Trinajstić information content (AvgIpc) is 2.87. The highest BCUT2D eigenvalue weighted by molar-refractivity contribution is 5.79. The topological polar surface area (TPSA) is 57.5 Å². The van der Waals surface area contributed by atoms with Crippen LogP contribution in [0.2, 0.25) is 0 Å². The number of rotatable bonds is 1. The highest BCUT2D eigenvalue weighted by atomic mass is 16.3. The summed E-state index contributed by atoms with van der Waals surface area (Å²) in [6.45, 7) is 6.53. The van der Waals surface area contributed by atoms with Crippen molar-refractivity contribution in [2.24, 2.45) is 40.4 Å². The molecular weight excluding hydrogens is 300 g/mol. The molecule has 4 aliphatic carbocycles. The van der Waals surface area contributed by atoms with E-state index < -0.39 is 0 Å². The van der Waals surface area contributed by atoms with E-state index in [2.05, 4.69) is 13.8 Å². The number of carbonyl (C=O) groups is 1. The third-order valence-electron chi connectivity index (χ3n) is 9.14. The van der Waals surface area contributed by atoms with Gasteiger partial charge in [-0.05, 0) is 92.8 Å². The number of carbonyl (C=O) groups excluding carboxylic acids is 1. The largest absolute Gasteiger partial charge is 0.393 e. The number of Topliss-reactive ketones (excluding diaryl/α,β-unsaturated/α-hetero) is 1. The summed E-state index contributed by atoms with van der Waals surface area (Å²) in [5.41, 5.74) is 0.335. The van der Waals surface area contributed by atoms with Gasteiger partial charge < -0.3 is 10.2 Å². The fourth-order valence-corrected chi connectivity index (χ4v) is 7.95. The number of fused-ring (bicyclic) bond motifs is 5. The summed E-state index contributed by atoms with van der Waals surface area (Å²) in [6.07, 6.45) is 7.70. The molecule has 0 saturated heterocycles. The first-order chi connectivity index (χ1) is 11.3. The van der Waals surface area contributed by atoms with E-state index in [0.717, 1.165) is 38.5 Å². The first kappa shape index (κ1) is 17.0. The van der Waals surface area contributed by atoms with Crippen molar-refractivity contribution in [1.29, 1.82) is 0 Å². The Labute approximate surface area is 146 Å². The van der Waals surface area contributed by atoms with Crippen molar-refractivity contribution in [3.8, 4) is 0 Å². The molecule has 0 unspecified atom stereocenters. The SMILES string of the molecule is CC(=O)[C@@H]1CC[C@@H]2[C@@H]3C[C@H](O)[C@H]4C[C@H](O)CC[C@]4(C)[C@H]3CC[C@@]21C. The zero-order valence-corrected chi connectivity index (χ0v) is 15.5. The van der Waals surface area contributed by atoms with Crippen LogP contribution >= 0.6 is 0 Å². The van der Waals surface area contributed by atoms with Crippen molar-refractivity contribution in [3.05, 3.63) is 0 Å². The van der Waals surface area contributed by atoms with Gasteiger partial charge in [0.15, 0.2) is 0 Å². The molecular formula is C21H34O3. The lowest BCUT2D eigenvalue weighted by molar-refractivity contribution is -0.171. The lowest BCUT2D eigenvalue weighted by atomic mass is 9.44. The molecule has 0 spiro atoms. The Balaban J connectivity index is 1.65. The third kappa shape index (κ3) is 2.19. The molecule has 0 radical (unpaired) electrons. The normalized spacial score (nSPS) is 57.0. The summed E-state index contributed by atoms with van der Waals surface area (Å²) >= 11 is 0. The Morgan fingerprint density at radius 1 is 0.875 bits per heavy atom. The fraction of sp³-hybridized carbons (Fsp3) is 0.952. The molecule has 3 heteroatoms. The molecule has 9 atom stereocenters. The second kappa shape index (κ2) is 5.54. The summed E-state index contributed by atoms with van der Waals surface area (Å²) in [5, 5.41) is 21.0. The predicted molar refractivity (Wildman–Crippen MR) is 93.3 cm³/mol. The second-order valence-corrected chi connectivity index (χ2v) is 10.0. The molecule has 0 aromatic carbocycles. The van der Waals surface area contributed by atoms with Crippen LogP contribution in [0.15, 0.2) is 0 Å². The summed E-state index contributed by atoms with van der Waals surface area (Å²) < 4.78 is 0. The van der Waals surface area contributed by atoms with E-state index in [1.54, 1.807) is 6.92 Å². The van der Waals surface area contributed by atoms with Gasteiger partial charge in [0, 0.05) is 5.92 Å². The predicted octanol–water partition coefficient (Wildman–Crippen LogP) is 3.57. The Kier molecular flexibility index (Phi) is 3.93. The monoisotopic (exact) mass is 334 g/mol. The first-order valence-electron chi connectivity index (χ1n) is 10.1. The molecule has 0 aliphatic heterocycles. The van der Waals surface area contributed by atoms with E-state index in [0.29, 0.717) is 23.5 Å². The van der Waals surface area contributed by atoms with Crippen molar-refractivity contribution in [3.63, 3.8) is 0 Å². The van der Waals surface area contributed by atoms with Crippen LogP contribution in [0.3, 0.4) is 0 Å². The maximum Gasteiger partial charge on any atom is 0.133 e. The first-order valence-corrected chi connectivity index (χ1v) is 10.1. The minimum atomic E-state index is -0.273. The summed E-state index contributed by atoms with van der Waals surface area (Å²) in [5.74, 6) is 2.71. The zero-order chi connectivity index (χ0) is 17.3. The van der Waals surface area contributed by atoms with Crippen molar-refractivity contribution < 1.29 is 15.0 Å². The van der Waals surface area contributed by atoms with Crippen LogP contribution in [0.1, 0.15) is 72.1 Å². The van der Waals surface area contributed by atoms with E-state index >= 15 is 0 Å². The van der Waals surface area contributed by atoms with Crippen LogP contribution < -0.4 is 0 Å². The molecule has 24 heavy (non-hydrogen) atoms.